The fourth-order valence-corrected chi connectivity index (χ4v) is 1.76. The van der Waals surface area contributed by atoms with Crippen molar-refractivity contribution in [2.75, 3.05) is 5.32 Å². The number of pyridine rings is 1. The maximum Gasteiger partial charge on any atom is 0.275 e. The number of halogens is 5. The highest BCUT2D eigenvalue weighted by molar-refractivity contribution is 6.34. The Morgan fingerprint density at radius 1 is 1.19 bits per heavy atom. The normalized spacial score (nSPS) is 10.8. The van der Waals surface area contributed by atoms with E-state index in [0.717, 1.165) is 30.5 Å². The molecule has 3 nitrogen and oxygen atoms in total. The van der Waals surface area contributed by atoms with Crippen LogP contribution in [0.4, 0.5) is 23.2 Å². The second-order valence-corrected chi connectivity index (χ2v) is 4.39. The summed E-state index contributed by atoms with van der Waals surface area (Å²) in [6, 6.07) is 3.66. The molecule has 1 heterocycles. The topological polar surface area (TPSA) is 42.0 Å². The van der Waals surface area contributed by atoms with Crippen molar-refractivity contribution in [2.24, 2.45) is 0 Å². The van der Waals surface area contributed by atoms with E-state index >= 15 is 0 Å². The average molecular weight is 319 g/mol. The van der Waals surface area contributed by atoms with Crippen LogP contribution in [0.3, 0.4) is 0 Å². The number of nitrogens with zero attached hydrogens (tertiary/aromatic N) is 1. The fraction of sp³-hybridized carbons (Fsp3) is 0.0769. The summed E-state index contributed by atoms with van der Waals surface area (Å²) in [5.74, 6) is -3.03. The summed E-state index contributed by atoms with van der Waals surface area (Å²) in [4.78, 5) is 15.4. The molecule has 110 valence electrons. The number of carbonyl (C=O) groups excluding carboxylic acids is 1. The molecule has 2 aromatic rings. The highest BCUT2D eigenvalue weighted by atomic mass is 35.5. The van der Waals surface area contributed by atoms with Crippen LogP contribution < -0.4 is 5.32 Å². The number of aromatic nitrogens is 1. The molecule has 21 heavy (non-hydrogen) atoms. The number of rotatable bonds is 3. The summed E-state index contributed by atoms with van der Waals surface area (Å²) < 4.78 is 50.6. The molecule has 0 fully saturated rings. The number of anilines is 1. The van der Waals surface area contributed by atoms with Gasteiger partial charge in [-0.15, -0.1) is 0 Å². The molecular formula is C13H7ClF4N2O. The number of carbonyl (C=O) groups is 1. The van der Waals surface area contributed by atoms with Crippen LogP contribution in [0.5, 0.6) is 0 Å². The lowest BCUT2D eigenvalue weighted by Gasteiger charge is -2.07. The smallest absolute Gasteiger partial charge is 0.275 e. The molecule has 0 radical (unpaired) electrons. The van der Waals surface area contributed by atoms with Crippen molar-refractivity contribution >= 4 is 23.2 Å². The van der Waals surface area contributed by atoms with Gasteiger partial charge in [0.1, 0.15) is 5.69 Å². The number of hydrogen-bond acceptors (Lipinski definition) is 2. The third-order valence-electron chi connectivity index (χ3n) is 2.51. The zero-order chi connectivity index (χ0) is 15.6. The molecular weight excluding hydrogens is 312 g/mol. The van der Waals surface area contributed by atoms with Crippen LogP contribution in [-0.4, -0.2) is 10.9 Å². The predicted octanol–water partition coefficient (Wildman–Crippen LogP) is 4.20. The largest absolute Gasteiger partial charge is 0.321 e. The Morgan fingerprint density at radius 3 is 2.48 bits per heavy atom. The van der Waals surface area contributed by atoms with Crippen molar-refractivity contribution in [3.63, 3.8) is 0 Å². The summed E-state index contributed by atoms with van der Waals surface area (Å²) in [7, 11) is 0. The zero-order valence-electron chi connectivity index (χ0n) is 10.2. The van der Waals surface area contributed by atoms with Crippen LogP contribution in [0.2, 0.25) is 5.02 Å². The average Bonchev–Trinajstić information content (AvgIpc) is 2.42. The fourth-order valence-electron chi connectivity index (χ4n) is 1.50. The first kappa shape index (κ1) is 15.2. The SMILES string of the molecule is O=C(Nc1ccc(F)c(F)c1)c1ncc(C(F)F)cc1Cl. The lowest BCUT2D eigenvalue weighted by molar-refractivity contribution is 0.102. The number of alkyl halides is 2. The minimum atomic E-state index is -2.77. The Morgan fingerprint density at radius 2 is 1.90 bits per heavy atom. The Balaban J connectivity index is 2.22. The highest BCUT2D eigenvalue weighted by Gasteiger charge is 2.16. The molecule has 2 rings (SSSR count). The molecule has 0 aliphatic heterocycles. The van der Waals surface area contributed by atoms with Crippen molar-refractivity contribution in [1.29, 1.82) is 0 Å². The van der Waals surface area contributed by atoms with E-state index in [2.05, 4.69) is 10.3 Å². The maximum atomic E-state index is 13.0. The minimum absolute atomic E-state index is 0.0188. The van der Waals surface area contributed by atoms with Crippen molar-refractivity contribution in [2.45, 2.75) is 6.43 Å². The first-order valence-electron chi connectivity index (χ1n) is 5.58. The predicted molar refractivity (Wildman–Crippen MR) is 68.5 cm³/mol. The molecule has 0 spiro atoms. The van der Waals surface area contributed by atoms with Gasteiger partial charge >= 0.3 is 0 Å². The summed E-state index contributed by atoms with van der Waals surface area (Å²) in [6.07, 6.45) is -1.95. The molecule has 1 aromatic heterocycles. The Bertz CT molecular complexity index is 694. The van der Waals surface area contributed by atoms with Crippen molar-refractivity contribution in [3.05, 3.63) is 58.4 Å². The molecule has 0 atom stereocenters. The Kier molecular flexibility index (Phi) is 4.42. The third kappa shape index (κ3) is 3.49. The van der Waals surface area contributed by atoms with Gasteiger partial charge < -0.3 is 5.32 Å². The second-order valence-electron chi connectivity index (χ2n) is 3.98. The van der Waals surface area contributed by atoms with E-state index in [1.165, 1.54) is 0 Å². The first-order chi connectivity index (χ1) is 9.88. The van der Waals surface area contributed by atoms with Crippen molar-refractivity contribution < 1.29 is 22.4 Å². The van der Waals surface area contributed by atoms with Crippen molar-refractivity contribution in [3.8, 4) is 0 Å². The van der Waals surface area contributed by atoms with E-state index in [-0.39, 0.29) is 16.4 Å². The van der Waals surface area contributed by atoms with Gasteiger partial charge in [0.25, 0.3) is 12.3 Å². The third-order valence-corrected chi connectivity index (χ3v) is 2.79. The van der Waals surface area contributed by atoms with Crippen LogP contribution in [-0.2, 0) is 0 Å². The van der Waals surface area contributed by atoms with Crippen LogP contribution in [0.25, 0.3) is 0 Å². The van der Waals surface area contributed by atoms with Gasteiger partial charge in [0.2, 0.25) is 0 Å². The first-order valence-corrected chi connectivity index (χ1v) is 5.96. The quantitative estimate of drug-likeness (QED) is 0.862. The van der Waals surface area contributed by atoms with Crippen LogP contribution in [0.1, 0.15) is 22.5 Å². The molecule has 0 bridgehead atoms. The van der Waals surface area contributed by atoms with E-state index in [1.807, 2.05) is 0 Å². The highest BCUT2D eigenvalue weighted by Crippen LogP contribution is 2.24. The lowest BCUT2D eigenvalue weighted by Crippen LogP contribution is -2.14. The minimum Gasteiger partial charge on any atom is -0.321 e. The summed E-state index contributed by atoms with van der Waals surface area (Å²) in [6.45, 7) is 0. The second kappa shape index (κ2) is 6.09. The number of nitrogens with one attached hydrogen (secondary N) is 1. The van der Waals surface area contributed by atoms with Gasteiger partial charge in [-0.3, -0.25) is 4.79 Å². The molecule has 1 aromatic carbocycles. The number of hydrogen-bond donors (Lipinski definition) is 1. The number of benzene rings is 1. The van der Waals surface area contributed by atoms with E-state index < -0.39 is 29.5 Å². The van der Waals surface area contributed by atoms with Gasteiger partial charge in [-0.05, 0) is 18.2 Å². The molecule has 0 saturated heterocycles. The lowest BCUT2D eigenvalue weighted by atomic mass is 10.2. The number of amides is 1. The van der Waals surface area contributed by atoms with Gasteiger partial charge in [0.05, 0.1) is 5.02 Å². The van der Waals surface area contributed by atoms with Crippen molar-refractivity contribution in [1.82, 2.24) is 4.98 Å². The molecule has 0 aliphatic rings. The monoisotopic (exact) mass is 318 g/mol. The van der Waals surface area contributed by atoms with Gasteiger partial charge in [-0.2, -0.15) is 0 Å². The van der Waals surface area contributed by atoms with Gasteiger partial charge in [-0.1, -0.05) is 11.6 Å². The van der Waals surface area contributed by atoms with Gasteiger partial charge in [-0.25, -0.2) is 22.5 Å². The van der Waals surface area contributed by atoms with E-state index in [9.17, 15) is 22.4 Å². The van der Waals surface area contributed by atoms with Crippen LogP contribution in [0, 0.1) is 11.6 Å². The van der Waals surface area contributed by atoms with Gasteiger partial charge in [0.15, 0.2) is 11.6 Å². The molecule has 1 N–H and O–H groups in total. The molecule has 0 aliphatic carbocycles. The van der Waals surface area contributed by atoms with Crippen LogP contribution in [0.15, 0.2) is 30.5 Å². The Hall–Kier alpha value is -2.15. The Labute approximate surface area is 121 Å². The van der Waals surface area contributed by atoms with Gasteiger partial charge in [0, 0.05) is 23.5 Å². The maximum absolute atomic E-state index is 13.0. The summed E-state index contributed by atoms with van der Waals surface area (Å²) >= 11 is 5.70. The standard InChI is InChI=1S/C13H7ClF4N2O/c14-8-3-6(12(17)18)5-19-11(8)13(21)20-7-1-2-9(15)10(16)4-7/h1-5,12H,(H,20,21). The van der Waals surface area contributed by atoms with E-state index in [1.54, 1.807) is 0 Å². The van der Waals surface area contributed by atoms with E-state index in [0.29, 0.717) is 0 Å². The van der Waals surface area contributed by atoms with E-state index in [4.69, 9.17) is 11.6 Å². The summed E-state index contributed by atoms with van der Waals surface area (Å²) in [5, 5.41) is 1.97. The molecule has 0 unspecified atom stereocenters. The molecule has 1 amide bonds. The van der Waals surface area contributed by atoms with Crippen LogP contribution >= 0.6 is 11.6 Å². The molecule has 8 heteroatoms. The molecule has 0 saturated carbocycles. The zero-order valence-corrected chi connectivity index (χ0v) is 11.0. The summed E-state index contributed by atoms with van der Waals surface area (Å²) in [5.41, 5.74) is -0.745.